The van der Waals surface area contributed by atoms with Crippen molar-refractivity contribution in [1.82, 2.24) is 4.90 Å². The second-order valence-corrected chi connectivity index (χ2v) is 5.93. The molecule has 0 aromatic heterocycles. The number of hydrogen-bond donors (Lipinski definition) is 1. The molecule has 1 saturated heterocycles. The summed E-state index contributed by atoms with van der Waals surface area (Å²) in [5.41, 5.74) is 8.64. The summed E-state index contributed by atoms with van der Waals surface area (Å²) in [6, 6.07) is 9.22. The molecule has 2 heteroatoms. The second-order valence-electron chi connectivity index (χ2n) is 5.93. The third-order valence-corrected chi connectivity index (χ3v) is 3.89. The van der Waals surface area contributed by atoms with Crippen LogP contribution in [0.3, 0.4) is 0 Å². The first-order valence-corrected chi connectivity index (χ1v) is 7.17. The molecule has 2 nitrogen and oxygen atoms in total. The predicted octanol–water partition coefficient (Wildman–Crippen LogP) is 2.94. The van der Waals surface area contributed by atoms with Crippen molar-refractivity contribution in [2.24, 2.45) is 11.7 Å². The molecule has 1 aromatic carbocycles. The van der Waals surface area contributed by atoms with Crippen molar-refractivity contribution in [3.63, 3.8) is 0 Å². The van der Waals surface area contributed by atoms with E-state index < -0.39 is 0 Å². The molecule has 1 aromatic rings. The van der Waals surface area contributed by atoms with Crippen LogP contribution in [0.15, 0.2) is 24.3 Å². The second kappa shape index (κ2) is 6.35. The molecule has 2 rings (SSSR count). The summed E-state index contributed by atoms with van der Waals surface area (Å²) in [7, 11) is 0. The first-order chi connectivity index (χ1) is 8.63. The van der Waals surface area contributed by atoms with Gasteiger partial charge in [-0.15, -0.1) is 0 Å². The number of nitrogens with zero attached hydrogens (tertiary/aromatic N) is 1. The molecule has 100 valence electrons. The van der Waals surface area contributed by atoms with Crippen molar-refractivity contribution in [1.29, 1.82) is 0 Å². The van der Waals surface area contributed by atoms with E-state index in [1.165, 1.54) is 43.5 Å². The third kappa shape index (κ3) is 4.11. The minimum Gasteiger partial charge on any atom is -0.328 e. The number of benzene rings is 1. The number of rotatable bonds is 5. The van der Waals surface area contributed by atoms with Crippen molar-refractivity contribution in [2.75, 3.05) is 13.1 Å². The molecule has 2 atom stereocenters. The van der Waals surface area contributed by atoms with Gasteiger partial charge in [-0.25, -0.2) is 0 Å². The molecule has 0 amide bonds. The normalized spacial score (nSPS) is 22.3. The van der Waals surface area contributed by atoms with Gasteiger partial charge >= 0.3 is 0 Å². The zero-order chi connectivity index (χ0) is 13.0. The molecule has 2 N–H and O–H groups in total. The van der Waals surface area contributed by atoms with Crippen LogP contribution in [0, 0.1) is 12.8 Å². The lowest BCUT2D eigenvalue weighted by molar-refractivity contribution is 0.311. The van der Waals surface area contributed by atoms with E-state index in [-0.39, 0.29) is 0 Å². The fraction of sp³-hybridized carbons (Fsp3) is 0.625. The van der Waals surface area contributed by atoms with E-state index in [1.807, 2.05) is 0 Å². The largest absolute Gasteiger partial charge is 0.328 e. The van der Waals surface area contributed by atoms with Crippen LogP contribution in [0.1, 0.15) is 37.3 Å². The predicted molar refractivity (Wildman–Crippen MR) is 77.4 cm³/mol. The van der Waals surface area contributed by atoms with Crippen LogP contribution >= 0.6 is 0 Å². The Hall–Kier alpha value is -0.860. The molecule has 1 fully saturated rings. The summed E-state index contributed by atoms with van der Waals surface area (Å²) in [5, 5.41) is 0. The lowest BCUT2D eigenvalue weighted by Gasteiger charge is -2.17. The van der Waals surface area contributed by atoms with Crippen LogP contribution in [0.2, 0.25) is 0 Å². The molecule has 0 aliphatic carbocycles. The zero-order valence-electron chi connectivity index (χ0n) is 11.7. The Morgan fingerprint density at radius 3 is 3.00 bits per heavy atom. The molecule has 18 heavy (non-hydrogen) atoms. The highest BCUT2D eigenvalue weighted by molar-refractivity contribution is 5.22. The summed E-state index contributed by atoms with van der Waals surface area (Å²) in [6.07, 6.45) is 3.81. The van der Waals surface area contributed by atoms with E-state index in [1.54, 1.807) is 0 Å². The Morgan fingerprint density at radius 1 is 1.44 bits per heavy atom. The number of aryl methyl sites for hydroxylation is 1. The summed E-state index contributed by atoms with van der Waals surface area (Å²) < 4.78 is 0. The maximum Gasteiger partial charge on any atom is 0.0233 e. The van der Waals surface area contributed by atoms with Crippen molar-refractivity contribution < 1.29 is 0 Å². The Bertz CT molecular complexity index is 373. The monoisotopic (exact) mass is 246 g/mol. The van der Waals surface area contributed by atoms with Crippen LogP contribution in [0.25, 0.3) is 0 Å². The SMILES string of the molecule is Cc1cccc(CN2CCC(CCC(C)N)C2)c1. The highest BCUT2D eigenvalue weighted by atomic mass is 15.1. The van der Waals surface area contributed by atoms with E-state index in [4.69, 9.17) is 5.73 Å². The molecule has 0 saturated carbocycles. The van der Waals surface area contributed by atoms with E-state index in [9.17, 15) is 0 Å². The van der Waals surface area contributed by atoms with Crippen LogP contribution < -0.4 is 5.73 Å². The van der Waals surface area contributed by atoms with E-state index in [0.717, 1.165) is 12.5 Å². The van der Waals surface area contributed by atoms with Crippen LogP contribution in [0.5, 0.6) is 0 Å². The lowest BCUT2D eigenvalue weighted by atomic mass is 10.0. The highest BCUT2D eigenvalue weighted by Crippen LogP contribution is 2.23. The maximum absolute atomic E-state index is 5.83. The minimum absolute atomic E-state index is 0.357. The van der Waals surface area contributed by atoms with Gasteiger partial charge in [-0.3, -0.25) is 4.90 Å². The van der Waals surface area contributed by atoms with Gasteiger partial charge in [-0.1, -0.05) is 29.8 Å². The molecule has 2 unspecified atom stereocenters. The summed E-state index contributed by atoms with van der Waals surface area (Å²) >= 11 is 0. The van der Waals surface area contributed by atoms with Crippen LogP contribution in [0.4, 0.5) is 0 Å². The van der Waals surface area contributed by atoms with E-state index in [2.05, 4.69) is 43.0 Å². The number of hydrogen-bond acceptors (Lipinski definition) is 2. The van der Waals surface area contributed by atoms with Crippen molar-refractivity contribution in [2.45, 2.75) is 45.7 Å². The molecule has 0 bridgehead atoms. The maximum atomic E-state index is 5.83. The number of likely N-dealkylation sites (tertiary alicyclic amines) is 1. The van der Waals surface area contributed by atoms with Gasteiger partial charge < -0.3 is 5.73 Å². The fourth-order valence-electron chi connectivity index (χ4n) is 2.86. The van der Waals surface area contributed by atoms with Crippen molar-refractivity contribution in [3.05, 3.63) is 35.4 Å². The molecular formula is C16H26N2. The Labute approximate surface area is 111 Å². The fourth-order valence-corrected chi connectivity index (χ4v) is 2.86. The molecule has 0 spiro atoms. The third-order valence-electron chi connectivity index (χ3n) is 3.89. The summed E-state index contributed by atoms with van der Waals surface area (Å²) in [6.45, 7) is 7.88. The molecule has 1 heterocycles. The average Bonchev–Trinajstić information content (AvgIpc) is 2.74. The molecule has 1 aliphatic rings. The van der Waals surface area contributed by atoms with Gasteiger partial charge in [0.1, 0.15) is 0 Å². The Balaban J connectivity index is 1.79. The standard InChI is InChI=1S/C16H26N2/c1-13-4-3-5-16(10-13)12-18-9-8-15(11-18)7-6-14(2)17/h3-5,10,14-15H,6-9,11-12,17H2,1-2H3. The first-order valence-electron chi connectivity index (χ1n) is 7.17. The first kappa shape index (κ1) is 13.6. The Kier molecular flexibility index (Phi) is 4.79. The van der Waals surface area contributed by atoms with Crippen molar-refractivity contribution in [3.8, 4) is 0 Å². The van der Waals surface area contributed by atoms with E-state index in [0.29, 0.717) is 6.04 Å². The number of nitrogens with two attached hydrogens (primary N) is 1. The van der Waals surface area contributed by atoms with Gasteiger partial charge in [0.2, 0.25) is 0 Å². The Morgan fingerprint density at radius 2 is 2.28 bits per heavy atom. The van der Waals surface area contributed by atoms with E-state index >= 15 is 0 Å². The molecule has 0 radical (unpaired) electrons. The van der Waals surface area contributed by atoms with Crippen molar-refractivity contribution >= 4 is 0 Å². The van der Waals surface area contributed by atoms with Crippen LogP contribution in [-0.4, -0.2) is 24.0 Å². The lowest BCUT2D eigenvalue weighted by Crippen LogP contribution is -2.21. The smallest absolute Gasteiger partial charge is 0.0233 e. The molecular weight excluding hydrogens is 220 g/mol. The van der Waals surface area contributed by atoms with Gasteiger partial charge in [0.15, 0.2) is 0 Å². The zero-order valence-corrected chi connectivity index (χ0v) is 11.7. The van der Waals surface area contributed by atoms with Gasteiger partial charge in [0.05, 0.1) is 0 Å². The quantitative estimate of drug-likeness (QED) is 0.865. The highest BCUT2D eigenvalue weighted by Gasteiger charge is 2.22. The summed E-state index contributed by atoms with van der Waals surface area (Å²) in [4.78, 5) is 2.58. The molecule has 1 aliphatic heterocycles. The minimum atomic E-state index is 0.357. The average molecular weight is 246 g/mol. The van der Waals surface area contributed by atoms with Gasteiger partial charge in [-0.2, -0.15) is 0 Å². The van der Waals surface area contributed by atoms with Gasteiger partial charge in [-0.05, 0) is 51.1 Å². The van der Waals surface area contributed by atoms with Gasteiger partial charge in [0.25, 0.3) is 0 Å². The van der Waals surface area contributed by atoms with Crippen LogP contribution in [-0.2, 0) is 6.54 Å². The summed E-state index contributed by atoms with van der Waals surface area (Å²) in [5.74, 6) is 0.862. The topological polar surface area (TPSA) is 29.3 Å². The van der Waals surface area contributed by atoms with Gasteiger partial charge in [0, 0.05) is 19.1 Å².